The largest absolute Gasteiger partial charge is 0.271 e. The highest BCUT2D eigenvalue weighted by atomic mass is 35.5. The van der Waals surface area contributed by atoms with E-state index < -0.39 is 0 Å². The van der Waals surface area contributed by atoms with Crippen molar-refractivity contribution in [1.29, 1.82) is 0 Å². The van der Waals surface area contributed by atoms with Gasteiger partial charge < -0.3 is 0 Å². The topological polar surface area (TPSA) is 38.0 Å². The summed E-state index contributed by atoms with van der Waals surface area (Å²) in [6, 6.07) is 15.6. The lowest BCUT2D eigenvalue weighted by Crippen LogP contribution is -2.29. The van der Waals surface area contributed by atoms with Crippen LogP contribution in [-0.4, -0.2) is 0 Å². The first-order chi connectivity index (χ1) is 8.72. The molecule has 2 aromatic rings. The molecule has 18 heavy (non-hydrogen) atoms. The second-order valence-corrected chi connectivity index (χ2v) is 4.84. The van der Waals surface area contributed by atoms with Gasteiger partial charge in [0, 0.05) is 0 Å². The van der Waals surface area contributed by atoms with Crippen LogP contribution in [0.2, 0.25) is 10.0 Å². The van der Waals surface area contributed by atoms with Gasteiger partial charge in [-0.1, -0.05) is 65.7 Å². The Morgan fingerprint density at radius 2 is 1.72 bits per heavy atom. The second-order valence-electron chi connectivity index (χ2n) is 4.05. The molecule has 1 atom stereocenters. The van der Waals surface area contributed by atoms with E-state index in [2.05, 4.69) is 17.6 Å². The Kier molecular flexibility index (Phi) is 4.61. The van der Waals surface area contributed by atoms with Crippen LogP contribution < -0.4 is 11.3 Å². The fraction of sp³-hybridized carbons (Fsp3) is 0.143. The van der Waals surface area contributed by atoms with E-state index in [1.807, 2.05) is 30.3 Å². The monoisotopic (exact) mass is 280 g/mol. The minimum absolute atomic E-state index is 0.0569. The fourth-order valence-corrected chi connectivity index (χ4v) is 2.34. The quantitative estimate of drug-likeness (QED) is 0.661. The van der Waals surface area contributed by atoms with Gasteiger partial charge in [-0.05, 0) is 23.6 Å². The van der Waals surface area contributed by atoms with Crippen LogP contribution in [0.25, 0.3) is 0 Å². The summed E-state index contributed by atoms with van der Waals surface area (Å²) in [6.45, 7) is 0. The number of hydrazine groups is 1. The average molecular weight is 281 g/mol. The minimum atomic E-state index is -0.0569. The third-order valence-electron chi connectivity index (χ3n) is 2.84. The molecule has 0 fully saturated rings. The zero-order valence-electron chi connectivity index (χ0n) is 9.74. The number of nitrogens with one attached hydrogen (secondary N) is 1. The Labute approximate surface area is 117 Å². The predicted octanol–water partition coefficient (Wildman–Crippen LogP) is 3.74. The molecule has 0 saturated carbocycles. The highest BCUT2D eigenvalue weighted by Gasteiger charge is 2.15. The smallest absolute Gasteiger partial charge is 0.0640 e. The van der Waals surface area contributed by atoms with Crippen molar-refractivity contribution in [3.05, 3.63) is 69.7 Å². The van der Waals surface area contributed by atoms with E-state index in [9.17, 15) is 0 Å². The summed E-state index contributed by atoms with van der Waals surface area (Å²) in [4.78, 5) is 0. The van der Waals surface area contributed by atoms with E-state index >= 15 is 0 Å². The normalized spacial score (nSPS) is 12.4. The summed E-state index contributed by atoms with van der Waals surface area (Å²) in [5.74, 6) is 5.62. The minimum Gasteiger partial charge on any atom is -0.271 e. The van der Waals surface area contributed by atoms with Crippen molar-refractivity contribution in [1.82, 2.24) is 5.43 Å². The molecule has 0 bridgehead atoms. The molecule has 0 radical (unpaired) electrons. The second kappa shape index (κ2) is 6.21. The summed E-state index contributed by atoms with van der Waals surface area (Å²) in [6.07, 6.45) is 0.761. The summed E-state index contributed by atoms with van der Waals surface area (Å²) in [7, 11) is 0. The van der Waals surface area contributed by atoms with Crippen LogP contribution in [0.3, 0.4) is 0 Å². The number of nitrogens with two attached hydrogens (primary N) is 1. The summed E-state index contributed by atoms with van der Waals surface area (Å²) < 4.78 is 0. The number of halogens is 2. The van der Waals surface area contributed by atoms with E-state index in [4.69, 9.17) is 29.0 Å². The molecule has 0 aliphatic rings. The molecule has 0 aliphatic carbocycles. The zero-order valence-corrected chi connectivity index (χ0v) is 11.2. The Balaban J connectivity index is 2.26. The Bertz CT molecular complexity index is 514. The molecule has 0 aliphatic heterocycles. The SMILES string of the molecule is NNC(Cc1ccccc1)c1cccc(Cl)c1Cl. The maximum atomic E-state index is 6.21. The number of benzene rings is 2. The molecule has 0 spiro atoms. The van der Waals surface area contributed by atoms with Gasteiger partial charge in [0.25, 0.3) is 0 Å². The number of hydrogen-bond acceptors (Lipinski definition) is 2. The zero-order chi connectivity index (χ0) is 13.0. The van der Waals surface area contributed by atoms with Crippen LogP contribution in [0, 0.1) is 0 Å². The lowest BCUT2D eigenvalue weighted by molar-refractivity contribution is 0.552. The molecule has 2 rings (SSSR count). The van der Waals surface area contributed by atoms with E-state index in [1.165, 1.54) is 5.56 Å². The molecule has 2 nitrogen and oxygen atoms in total. The van der Waals surface area contributed by atoms with Gasteiger partial charge in [-0.25, -0.2) is 0 Å². The van der Waals surface area contributed by atoms with E-state index in [0.29, 0.717) is 10.0 Å². The van der Waals surface area contributed by atoms with Gasteiger partial charge in [0.1, 0.15) is 0 Å². The summed E-state index contributed by atoms with van der Waals surface area (Å²) >= 11 is 12.2. The molecular weight excluding hydrogens is 267 g/mol. The van der Waals surface area contributed by atoms with E-state index in [-0.39, 0.29) is 6.04 Å². The van der Waals surface area contributed by atoms with Crippen molar-refractivity contribution >= 4 is 23.2 Å². The van der Waals surface area contributed by atoms with Crippen molar-refractivity contribution in [2.45, 2.75) is 12.5 Å². The van der Waals surface area contributed by atoms with Crippen LogP contribution in [-0.2, 0) is 6.42 Å². The van der Waals surface area contributed by atoms with Gasteiger partial charge in [0.05, 0.1) is 16.1 Å². The number of hydrogen-bond donors (Lipinski definition) is 2. The fourth-order valence-electron chi connectivity index (χ4n) is 1.90. The predicted molar refractivity (Wildman–Crippen MR) is 76.7 cm³/mol. The van der Waals surface area contributed by atoms with Crippen molar-refractivity contribution in [3.63, 3.8) is 0 Å². The molecule has 94 valence electrons. The first kappa shape index (κ1) is 13.4. The highest BCUT2D eigenvalue weighted by Crippen LogP contribution is 2.31. The van der Waals surface area contributed by atoms with E-state index in [0.717, 1.165) is 12.0 Å². The third-order valence-corrected chi connectivity index (χ3v) is 3.67. The third kappa shape index (κ3) is 3.03. The summed E-state index contributed by atoms with van der Waals surface area (Å²) in [5.41, 5.74) is 4.90. The first-order valence-corrected chi connectivity index (χ1v) is 6.42. The van der Waals surface area contributed by atoms with Gasteiger partial charge >= 0.3 is 0 Å². The van der Waals surface area contributed by atoms with Crippen molar-refractivity contribution in [3.8, 4) is 0 Å². The lowest BCUT2D eigenvalue weighted by Gasteiger charge is -2.18. The van der Waals surface area contributed by atoms with Gasteiger partial charge in [-0.2, -0.15) is 0 Å². The van der Waals surface area contributed by atoms with Crippen LogP contribution in [0.1, 0.15) is 17.2 Å². The van der Waals surface area contributed by atoms with Crippen LogP contribution in [0.15, 0.2) is 48.5 Å². The average Bonchev–Trinajstić information content (AvgIpc) is 2.41. The lowest BCUT2D eigenvalue weighted by atomic mass is 9.99. The maximum absolute atomic E-state index is 6.21. The number of rotatable bonds is 4. The Morgan fingerprint density at radius 3 is 2.39 bits per heavy atom. The molecule has 0 saturated heterocycles. The molecule has 4 heteroatoms. The Hall–Kier alpha value is -1.06. The molecule has 1 unspecified atom stereocenters. The van der Waals surface area contributed by atoms with Crippen LogP contribution >= 0.6 is 23.2 Å². The Morgan fingerprint density at radius 1 is 1.00 bits per heavy atom. The van der Waals surface area contributed by atoms with E-state index in [1.54, 1.807) is 6.07 Å². The van der Waals surface area contributed by atoms with Gasteiger partial charge in [-0.3, -0.25) is 11.3 Å². The maximum Gasteiger partial charge on any atom is 0.0640 e. The molecule has 0 amide bonds. The molecule has 0 aromatic heterocycles. The van der Waals surface area contributed by atoms with Crippen LogP contribution in [0.4, 0.5) is 0 Å². The van der Waals surface area contributed by atoms with Crippen LogP contribution in [0.5, 0.6) is 0 Å². The standard InChI is InChI=1S/C14H14Cl2N2/c15-12-8-4-7-11(14(12)16)13(18-17)9-10-5-2-1-3-6-10/h1-8,13,18H,9,17H2. The highest BCUT2D eigenvalue weighted by molar-refractivity contribution is 6.42. The van der Waals surface area contributed by atoms with Gasteiger partial charge in [-0.15, -0.1) is 0 Å². The molecule has 2 aromatic carbocycles. The van der Waals surface area contributed by atoms with Crippen molar-refractivity contribution < 1.29 is 0 Å². The molecular formula is C14H14Cl2N2. The molecule has 0 heterocycles. The molecule has 3 N–H and O–H groups in total. The van der Waals surface area contributed by atoms with Gasteiger partial charge in [0.2, 0.25) is 0 Å². The van der Waals surface area contributed by atoms with Gasteiger partial charge in [0.15, 0.2) is 0 Å². The van der Waals surface area contributed by atoms with Crippen molar-refractivity contribution in [2.75, 3.05) is 0 Å². The van der Waals surface area contributed by atoms with Crippen molar-refractivity contribution in [2.24, 2.45) is 5.84 Å². The first-order valence-electron chi connectivity index (χ1n) is 5.66. The summed E-state index contributed by atoms with van der Waals surface area (Å²) in [5, 5.41) is 1.10.